The lowest BCUT2D eigenvalue weighted by Crippen LogP contribution is -2.68. The number of hydrogen-bond donors (Lipinski definition) is 0. The lowest BCUT2D eigenvalue weighted by molar-refractivity contribution is -0.195. The van der Waals surface area contributed by atoms with Crippen LogP contribution in [0, 0.1) is 12.8 Å². The van der Waals surface area contributed by atoms with Crippen molar-refractivity contribution >= 4 is 27.9 Å². The molecule has 0 aromatic heterocycles. The van der Waals surface area contributed by atoms with Gasteiger partial charge in [0.05, 0.1) is 18.0 Å². The third-order valence-electron chi connectivity index (χ3n) is 9.09. The molecule has 2 aliphatic heterocycles. The Morgan fingerprint density at radius 1 is 1.00 bits per heavy atom. The average molecular weight is 599 g/mol. The molecule has 2 saturated heterocycles. The van der Waals surface area contributed by atoms with Gasteiger partial charge in [-0.15, -0.1) is 0 Å². The van der Waals surface area contributed by atoms with Gasteiger partial charge in [0.2, 0.25) is 15.9 Å². The lowest BCUT2D eigenvalue weighted by atomic mass is 9.65. The Morgan fingerprint density at radius 3 is 2.24 bits per heavy atom. The Labute approximate surface area is 247 Å². The molecule has 10 nitrogen and oxygen atoms in total. The molecule has 0 radical (unpaired) electrons. The number of ether oxygens (including phenoxy) is 3. The molecule has 1 saturated carbocycles. The Morgan fingerprint density at radius 2 is 1.64 bits per heavy atom. The Balaban J connectivity index is 1.56. The summed E-state index contributed by atoms with van der Waals surface area (Å²) in [6.45, 7) is 4.56. The third-order valence-corrected chi connectivity index (χ3v) is 11.0. The van der Waals surface area contributed by atoms with Gasteiger partial charge in [0, 0.05) is 32.4 Å². The normalized spacial score (nSPS) is 28.8. The van der Waals surface area contributed by atoms with Crippen molar-refractivity contribution in [1.29, 1.82) is 0 Å². The van der Waals surface area contributed by atoms with Crippen LogP contribution in [0.25, 0.3) is 0 Å². The molecule has 2 heterocycles. The van der Waals surface area contributed by atoms with E-state index in [2.05, 4.69) is 0 Å². The van der Waals surface area contributed by atoms with Crippen molar-refractivity contribution in [3.63, 3.8) is 0 Å². The number of nitrogens with zero attached hydrogens (tertiary/aromatic N) is 2. The highest BCUT2D eigenvalue weighted by Gasteiger charge is 2.65. The molecule has 226 valence electrons. The first-order valence-electron chi connectivity index (χ1n) is 14.2. The number of benzene rings is 2. The van der Waals surface area contributed by atoms with E-state index >= 15 is 0 Å². The second-order valence-corrected chi connectivity index (χ2v) is 13.7. The first-order valence-corrected chi connectivity index (χ1v) is 15.7. The zero-order valence-corrected chi connectivity index (χ0v) is 25.4. The summed E-state index contributed by atoms with van der Waals surface area (Å²) in [5, 5.41) is 0. The number of aryl methyl sites for hydroxylation is 1. The fraction of sp³-hybridized carbons (Fsp3) is 0.516. The van der Waals surface area contributed by atoms with E-state index in [1.54, 1.807) is 36.3 Å². The molecular weight excluding hydrogens is 560 g/mol. The van der Waals surface area contributed by atoms with E-state index in [1.807, 2.05) is 31.2 Å². The van der Waals surface area contributed by atoms with E-state index in [0.29, 0.717) is 37.9 Å². The fourth-order valence-corrected chi connectivity index (χ4v) is 8.48. The number of amides is 1. The van der Waals surface area contributed by atoms with Gasteiger partial charge in [0.15, 0.2) is 0 Å². The maximum Gasteiger partial charge on any atom is 0.302 e. The maximum absolute atomic E-state index is 14.4. The van der Waals surface area contributed by atoms with Crippen LogP contribution >= 0.6 is 0 Å². The number of carbonyl (C=O) groups excluding carboxylic acids is 3. The van der Waals surface area contributed by atoms with Crippen molar-refractivity contribution in [1.82, 2.24) is 9.21 Å². The molecule has 2 bridgehead atoms. The van der Waals surface area contributed by atoms with E-state index in [9.17, 15) is 22.8 Å². The van der Waals surface area contributed by atoms with Gasteiger partial charge in [0.25, 0.3) is 0 Å². The van der Waals surface area contributed by atoms with Crippen molar-refractivity contribution in [3.05, 3.63) is 59.7 Å². The summed E-state index contributed by atoms with van der Waals surface area (Å²) in [5.74, 6) is -0.898. The van der Waals surface area contributed by atoms with Crippen molar-refractivity contribution in [3.8, 4) is 5.75 Å². The van der Waals surface area contributed by atoms with E-state index in [0.717, 1.165) is 11.1 Å². The van der Waals surface area contributed by atoms with Gasteiger partial charge < -0.3 is 19.1 Å². The summed E-state index contributed by atoms with van der Waals surface area (Å²) >= 11 is 0. The van der Waals surface area contributed by atoms with Crippen LogP contribution < -0.4 is 4.74 Å². The maximum atomic E-state index is 14.4. The minimum absolute atomic E-state index is 0.120. The zero-order chi connectivity index (χ0) is 30.4. The molecule has 0 N–H and O–H groups in total. The number of rotatable bonds is 8. The zero-order valence-electron chi connectivity index (χ0n) is 24.6. The Hall–Kier alpha value is -3.44. The quantitative estimate of drug-likeness (QED) is 0.425. The summed E-state index contributed by atoms with van der Waals surface area (Å²) in [6.07, 6.45) is 0.867. The van der Waals surface area contributed by atoms with Crippen molar-refractivity contribution in [2.24, 2.45) is 5.92 Å². The van der Waals surface area contributed by atoms with Gasteiger partial charge >= 0.3 is 11.9 Å². The minimum Gasteiger partial charge on any atom is -0.497 e. The number of methoxy groups -OCH3 is 1. The summed E-state index contributed by atoms with van der Waals surface area (Å²) < 4.78 is 45.5. The highest BCUT2D eigenvalue weighted by Crippen LogP contribution is 2.54. The van der Waals surface area contributed by atoms with Gasteiger partial charge in [0.1, 0.15) is 24.0 Å². The number of fused-ring (bicyclic) bond motifs is 1. The smallest absolute Gasteiger partial charge is 0.302 e. The molecule has 5 rings (SSSR count). The molecule has 11 heteroatoms. The summed E-state index contributed by atoms with van der Waals surface area (Å²) in [7, 11) is -0.936. The van der Waals surface area contributed by atoms with Crippen LogP contribution in [0.3, 0.4) is 0 Å². The Kier molecular flexibility index (Phi) is 8.10. The number of esters is 2. The van der Waals surface area contributed by atoms with Crippen LogP contribution in [-0.4, -0.2) is 79.5 Å². The Bertz CT molecular complexity index is 1460. The van der Waals surface area contributed by atoms with Gasteiger partial charge in [-0.2, -0.15) is 4.31 Å². The first kappa shape index (κ1) is 30.0. The molecule has 42 heavy (non-hydrogen) atoms. The van der Waals surface area contributed by atoms with Crippen LogP contribution in [0.4, 0.5) is 0 Å². The van der Waals surface area contributed by atoms with E-state index in [1.165, 1.54) is 25.2 Å². The van der Waals surface area contributed by atoms with Crippen molar-refractivity contribution in [2.45, 2.75) is 87.6 Å². The highest BCUT2D eigenvalue weighted by molar-refractivity contribution is 7.89. The predicted octanol–water partition coefficient (Wildman–Crippen LogP) is 3.25. The SMILES string of the molecule is COc1ccc(CC2C(OC(C)=O)C3CC4(CCC3OC(C)=O)CC(N(C)S(=O)(=O)c3ccc(C)cc3)C(=O)N24)cc1. The minimum atomic E-state index is -3.97. The van der Waals surface area contributed by atoms with E-state index in [4.69, 9.17) is 14.2 Å². The van der Waals surface area contributed by atoms with Crippen LogP contribution in [-0.2, 0) is 40.3 Å². The van der Waals surface area contributed by atoms with Crippen LogP contribution in [0.15, 0.2) is 53.4 Å². The number of likely N-dealkylation sites (N-methyl/N-ethyl adjacent to an activating group) is 1. The number of carbonyl (C=O) groups is 3. The lowest BCUT2D eigenvalue weighted by Gasteiger charge is -2.57. The second kappa shape index (κ2) is 11.3. The standard InChI is InChI=1S/C31H38N2O8S/c1-19-6-12-24(13-7-19)42(37,38)32(4)27-18-31-15-14-28(40-20(2)34)25(17-31)29(41-21(3)35)26(33(31)30(27)36)16-22-8-10-23(39-5)11-9-22/h6-13,25-29H,14-18H2,1-5H3. The third kappa shape index (κ3) is 5.40. The van der Waals surface area contributed by atoms with Gasteiger partial charge in [-0.1, -0.05) is 29.8 Å². The summed E-state index contributed by atoms with van der Waals surface area (Å²) in [4.78, 5) is 40.7. The molecule has 1 amide bonds. The molecule has 3 fully saturated rings. The number of hydrogen-bond acceptors (Lipinski definition) is 8. The number of piperidine rings is 1. The van der Waals surface area contributed by atoms with Crippen molar-refractivity contribution in [2.75, 3.05) is 14.2 Å². The first-order chi connectivity index (χ1) is 19.9. The van der Waals surface area contributed by atoms with E-state index < -0.39 is 51.8 Å². The summed E-state index contributed by atoms with van der Waals surface area (Å²) in [6, 6.07) is 12.5. The molecular formula is C31H38N2O8S. The van der Waals surface area contributed by atoms with Crippen LogP contribution in [0.2, 0.25) is 0 Å². The molecule has 3 aliphatic rings. The molecule has 1 spiro atoms. The molecule has 6 atom stereocenters. The molecule has 2 aromatic rings. The topological polar surface area (TPSA) is 120 Å². The van der Waals surface area contributed by atoms with Crippen LogP contribution in [0.5, 0.6) is 5.75 Å². The van der Waals surface area contributed by atoms with Gasteiger partial charge in [-0.25, -0.2) is 8.42 Å². The molecule has 6 unspecified atom stereocenters. The van der Waals surface area contributed by atoms with Crippen molar-refractivity contribution < 1.29 is 37.0 Å². The number of sulfonamides is 1. The summed E-state index contributed by atoms with van der Waals surface area (Å²) in [5.41, 5.74) is 1.15. The fourth-order valence-electron chi connectivity index (χ4n) is 7.17. The van der Waals surface area contributed by atoms with Gasteiger partial charge in [-0.3, -0.25) is 14.4 Å². The highest BCUT2D eigenvalue weighted by atomic mass is 32.2. The monoisotopic (exact) mass is 598 g/mol. The largest absolute Gasteiger partial charge is 0.497 e. The van der Waals surface area contributed by atoms with Gasteiger partial charge in [-0.05, 0) is 68.9 Å². The van der Waals surface area contributed by atoms with Crippen LogP contribution in [0.1, 0.15) is 50.7 Å². The molecule has 2 aromatic carbocycles. The average Bonchev–Trinajstić information content (AvgIpc) is 3.23. The molecule has 1 aliphatic carbocycles. The predicted molar refractivity (Wildman–Crippen MR) is 153 cm³/mol. The van der Waals surface area contributed by atoms with E-state index in [-0.39, 0.29) is 16.7 Å². The second-order valence-electron chi connectivity index (χ2n) is 11.7.